The Hall–Kier alpha value is -1.22. The first-order valence-corrected chi connectivity index (χ1v) is 6.05. The van der Waals surface area contributed by atoms with Crippen molar-refractivity contribution in [3.8, 4) is 5.75 Å². The first-order valence-electron chi connectivity index (χ1n) is 6.05. The van der Waals surface area contributed by atoms with Crippen molar-refractivity contribution >= 4 is 5.69 Å². The van der Waals surface area contributed by atoms with E-state index in [4.69, 9.17) is 5.73 Å². The number of aromatic hydroxyl groups is 1. The van der Waals surface area contributed by atoms with Crippen LogP contribution in [0.25, 0.3) is 0 Å². The molecule has 0 bridgehead atoms. The summed E-state index contributed by atoms with van der Waals surface area (Å²) in [6.07, 6.45) is 4.96. The summed E-state index contributed by atoms with van der Waals surface area (Å²) in [6, 6.07) is 7.76. The van der Waals surface area contributed by atoms with Crippen LogP contribution in [0, 0.1) is 5.92 Å². The summed E-state index contributed by atoms with van der Waals surface area (Å²) in [5.74, 6) is 0.876. The summed E-state index contributed by atoms with van der Waals surface area (Å²) in [6.45, 7) is 0.747. The van der Waals surface area contributed by atoms with Crippen molar-refractivity contribution < 1.29 is 5.11 Å². The average molecular weight is 220 g/mol. The van der Waals surface area contributed by atoms with Gasteiger partial charge in [0.2, 0.25) is 0 Å². The molecule has 16 heavy (non-hydrogen) atoms. The third-order valence-electron chi connectivity index (χ3n) is 3.41. The van der Waals surface area contributed by atoms with Crippen LogP contribution < -0.4 is 11.1 Å². The first kappa shape index (κ1) is 11.3. The number of hydrogen-bond donors (Lipinski definition) is 3. The molecule has 0 saturated heterocycles. The number of phenolic OH excluding ortho intramolecular Hbond substituents is 1. The Labute approximate surface area is 96.7 Å². The third-order valence-corrected chi connectivity index (χ3v) is 3.41. The third kappa shape index (κ3) is 2.67. The van der Waals surface area contributed by atoms with Crippen LogP contribution in [0.2, 0.25) is 0 Å². The van der Waals surface area contributed by atoms with Gasteiger partial charge < -0.3 is 16.2 Å². The molecule has 0 spiro atoms. The van der Waals surface area contributed by atoms with Gasteiger partial charge in [-0.2, -0.15) is 0 Å². The van der Waals surface area contributed by atoms with E-state index in [2.05, 4.69) is 5.32 Å². The molecule has 2 unspecified atom stereocenters. The zero-order valence-electron chi connectivity index (χ0n) is 9.52. The average Bonchev–Trinajstić information content (AvgIpc) is 2.30. The molecule has 1 saturated carbocycles. The molecule has 0 amide bonds. The van der Waals surface area contributed by atoms with Crippen molar-refractivity contribution in [3.63, 3.8) is 0 Å². The number of rotatable bonds is 3. The standard InChI is InChI=1S/C13H20N2O/c14-9-10-4-1-2-7-13(10)15-11-5-3-6-12(16)8-11/h3,5-6,8,10,13,15-16H,1-2,4,7,9,14H2. The Morgan fingerprint density at radius 2 is 2.12 bits per heavy atom. The largest absolute Gasteiger partial charge is 0.508 e. The maximum atomic E-state index is 9.40. The minimum absolute atomic E-state index is 0.310. The van der Waals surface area contributed by atoms with Crippen LogP contribution in [-0.4, -0.2) is 17.7 Å². The molecule has 0 aromatic heterocycles. The lowest BCUT2D eigenvalue weighted by Crippen LogP contribution is -2.36. The van der Waals surface area contributed by atoms with E-state index in [1.54, 1.807) is 12.1 Å². The second kappa shape index (κ2) is 5.21. The summed E-state index contributed by atoms with van der Waals surface area (Å²) >= 11 is 0. The summed E-state index contributed by atoms with van der Waals surface area (Å²) < 4.78 is 0. The van der Waals surface area contributed by atoms with Crippen LogP contribution >= 0.6 is 0 Å². The minimum Gasteiger partial charge on any atom is -0.508 e. The summed E-state index contributed by atoms with van der Waals surface area (Å²) in [5.41, 5.74) is 6.78. The van der Waals surface area contributed by atoms with Gasteiger partial charge in [0.25, 0.3) is 0 Å². The number of benzene rings is 1. The molecule has 88 valence electrons. The number of anilines is 1. The molecule has 1 fully saturated rings. The topological polar surface area (TPSA) is 58.3 Å². The van der Waals surface area contributed by atoms with Crippen molar-refractivity contribution in [3.05, 3.63) is 24.3 Å². The molecule has 1 aromatic rings. The lowest BCUT2D eigenvalue weighted by atomic mass is 9.84. The second-order valence-corrected chi connectivity index (χ2v) is 4.58. The van der Waals surface area contributed by atoms with Crippen molar-refractivity contribution in [2.75, 3.05) is 11.9 Å². The van der Waals surface area contributed by atoms with Gasteiger partial charge in [-0.3, -0.25) is 0 Å². The maximum absolute atomic E-state index is 9.40. The molecule has 0 radical (unpaired) electrons. The van der Waals surface area contributed by atoms with Gasteiger partial charge in [0, 0.05) is 17.8 Å². The molecule has 1 aromatic carbocycles. The van der Waals surface area contributed by atoms with Gasteiger partial charge in [0.05, 0.1) is 0 Å². The molecule has 1 aliphatic carbocycles. The van der Waals surface area contributed by atoms with Crippen molar-refractivity contribution in [2.45, 2.75) is 31.7 Å². The number of hydrogen-bond acceptors (Lipinski definition) is 3. The van der Waals surface area contributed by atoms with E-state index in [1.165, 1.54) is 25.7 Å². The highest BCUT2D eigenvalue weighted by molar-refractivity contribution is 5.48. The zero-order valence-corrected chi connectivity index (χ0v) is 9.52. The van der Waals surface area contributed by atoms with E-state index >= 15 is 0 Å². The van der Waals surface area contributed by atoms with Crippen LogP contribution in [0.5, 0.6) is 5.75 Å². The zero-order chi connectivity index (χ0) is 11.4. The SMILES string of the molecule is NCC1CCCCC1Nc1cccc(O)c1. The van der Waals surface area contributed by atoms with Gasteiger partial charge in [0.15, 0.2) is 0 Å². The number of nitrogens with one attached hydrogen (secondary N) is 1. The van der Waals surface area contributed by atoms with E-state index in [0.29, 0.717) is 17.7 Å². The monoisotopic (exact) mass is 220 g/mol. The molecule has 0 heterocycles. The van der Waals surface area contributed by atoms with Gasteiger partial charge in [-0.1, -0.05) is 18.9 Å². The molecular formula is C13H20N2O. The highest BCUT2D eigenvalue weighted by Gasteiger charge is 2.23. The molecule has 0 aliphatic heterocycles. The smallest absolute Gasteiger partial charge is 0.117 e. The Bertz CT molecular complexity index is 340. The molecule has 1 aliphatic rings. The fourth-order valence-electron chi connectivity index (χ4n) is 2.49. The Kier molecular flexibility index (Phi) is 3.67. The minimum atomic E-state index is 0.310. The number of phenols is 1. The summed E-state index contributed by atoms with van der Waals surface area (Å²) in [7, 11) is 0. The van der Waals surface area contributed by atoms with Gasteiger partial charge in [-0.15, -0.1) is 0 Å². The molecule has 2 atom stereocenters. The van der Waals surface area contributed by atoms with Crippen LogP contribution in [0.15, 0.2) is 24.3 Å². The van der Waals surface area contributed by atoms with Crippen molar-refractivity contribution in [1.29, 1.82) is 0 Å². The summed E-state index contributed by atoms with van der Waals surface area (Å²) in [4.78, 5) is 0. The predicted molar refractivity (Wildman–Crippen MR) is 66.5 cm³/mol. The maximum Gasteiger partial charge on any atom is 0.117 e. The predicted octanol–water partition coefficient (Wildman–Crippen LogP) is 2.32. The molecule has 4 N–H and O–H groups in total. The molecular weight excluding hydrogens is 200 g/mol. The second-order valence-electron chi connectivity index (χ2n) is 4.58. The van der Waals surface area contributed by atoms with E-state index in [1.807, 2.05) is 12.1 Å². The van der Waals surface area contributed by atoms with Gasteiger partial charge in [0.1, 0.15) is 5.75 Å². The van der Waals surface area contributed by atoms with E-state index in [-0.39, 0.29) is 0 Å². The van der Waals surface area contributed by atoms with Gasteiger partial charge in [-0.25, -0.2) is 0 Å². The fourth-order valence-corrected chi connectivity index (χ4v) is 2.49. The van der Waals surface area contributed by atoms with E-state index < -0.39 is 0 Å². The Balaban J connectivity index is 2.02. The van der Waals surface area contributed by atoms with Crippen LogP contribution in [0.1, 0.15) is 25.7 Å². The van der Waals surface area contributed by atoms with E-state index in [9.17, 15) is 5.11 Å². The molecule has 2 rings (SSSR count). The molecule has 3 nitrogen and oxygen atoms in total. The van der Waals surface area contributed by atoms with Crippen LogP contribution in [0.4, 0.5) is 5.69 Å². The molecule has 3 heteroatoms. The van der Waals surface area contributed by atoms with Crippen molar-refractivity contribution in [2.24, 2.45) is 11.7 Å². The van der Waals surface area contributed by atoms with Gasteiger partial charge in [-0.05, 0) is 37.4 Å². The van der Waals surface area contributed by atoms with Gasteiger partial charge >= 0.3 is 0 Å². The highest BCUT2D eigenvalue weighted by atomic mass is 16.3. The Morgan fingerprint density at radius 3 is 2.88 bits per heavy atom. The summed E-state index contributed by atoms with van der Waals surface area (Å²) in [5, 5.41) is 12.9. The highest BCUT2D eigenvalue weighted by Crippen LogP contribution is 2.27. The first-order chi connectivity index (χ1) is 7.79. The quantitative estimate of drug-likeness (QED) is 0.732. The van der Waals surface area contributed by atoms with Crippen LogP contribution in [0.3, 0.4) is 0 Å². The van der Waals surface area contributed by atoms with Crippen LogP contribution in [-0.2, 0) is 0 Å². The number of nitrogens with two attached hydrogens (primary N) is 1. The van der Waals surface area contributed by atoms with Crippen molar-refractivity contribution in [1.82, 2.24) is 0 Å². The lowest BCUT2D eigenvalue weighted by Gasteiger charge is -2.32. The lowest BCUT2D eigenvalue weighted by molar-refractivity contribution is 0.332. The normalized spacial score (nSPS) is 25.3. The fraction of sp³-hybridized carbons (Fsp3) is 0.538. The van der Waals surface area contributed by atoms with E-state index in [0.717, 1.165) is 12.2 Å². The Morgan fingerprint density at radius 1 is 1.31 bits per heavy atom.